The Balaban J connectivity index is 1.42. The van der Waals surface area contributed by atoms with Crippen LogP contribution in [-0.4, -0.2) is 23.4 Å². The van der Waals surface area contributed by atoms with Gasteiger partial charge < -0.3 is 9.47 Å². The molecule has 1 aliphatic carbocycles. The number of hydrogen-bond donors (Lipinski definition) is 0. The van der Waals surface area contributed by atoms with Crippen LogP contribution >= 0.6 is 0 Å². The van der Waals surface area contributed by atoms with Crippen molar-refractivity contribution in [2.75, 3.05) is 11.5 Å². The molecule has 0 bridgehead atoms. The fourth-order valence-electron chi connectivity index (χ4n) is 3.68. The molecule has 0 N–H and O–H groups in total. The minimum absolute atomic E-state index is 0.0861. The topological polar surface area (TPSA) is 68.7 Å². The molecule has 1 saturated carbocycles. The van der Waals surface area contributed by atoms with Gasteiger partial charge in [0, 0.05) is 17.0 Å². The smallest absolute Gasteiger partial charge is 0.309 e. The number of benzene rings is 1. The van der Waals surface area contributed by atoms with Crippen LogP contribution in [0.1, 0.15) is 32.3 Å². The first-order valence-corrected chi connectivity index (χ1v) is 9.22. The van der Waals surface area contributed by atoms with Crippen molar-refractivity contribution in [3.05, 3.63) is 42.1 Å². The van der Waals surface area contributed by atoms with Crippen molar-refractivity contribution in [1.82, 2.24) is 4.98 Å². The molecule has 28 heavy (non-hydrogen) atoms. The molecule has 0 saturated heterocycles. The third-order valence-electron chi connectivity index (χ3n) is 5.49. The Morgan fingerprint density at radius 3 is 2.71 bits per heavy atom. The second-order valence-electron chi connectivity index (χ2n) is 7.98. The maximum atomic E-state index is 12.6. The number of fused-ring (bicyclic) bond motifs is 2. The van der Waals surface area contributed by atoms with Crippen LogP contribution in [0.25, 0.3) is 0 Å². The lowest BCUT2D eigenvalue weighted by Gasteiger charge is -2.28. The lowest BCUT2D eigenvalue weighted by Crippen LogP contribution is -2.46. The van der Waals surface area contributed by atoms with Gasteiger partial charge in [0.15, 0.2) is 0 Å². The quantitative estimate of drug-likeness (QED) is 0.610. The maximum absolute atomic E-state index is 12.6. The molecular weight excluding hydrogens is 356 g/mol. The summed E-state index contributed by atoms with van der Waals surface area (Å²) < 4.78 is 11.8. The number of carbonyl (C=O) groups is 2. The van der Waals surface area contributed by atoms with Gasteiger partial charge in [-0.2, -0.15) is 0 Å². The van der Waals surface area contributed by atoms with Crippen molar-refractivity contribution in [1.29, 1.82) is 0 Å². The first kappa shape index (κ1) is 16.8. The van der Waals surface area contributed by atoms with Gasteiger partial charge in [-0.25, -0.2) is 9.88 Å². The van der Waals surface area contributed by atoms with Gasteiger partial charge >= 0.3 is 5.91 Å². The van der Waals surface area contributed by atoms with E-state index in [2.05, 4.69) is 16.8 Å². The van der Waals surface area contributed by atoms with Gasteiger partial charge in [0.2, 0.25) is 5.88 Å². The summed E-state index contributed by atoms with van der Waals surface area (Å²) in [6.07, 6.45) is 3.66. The molecular formula is C22H18N2O4. The van der Waals surface area contributed by atoms with E-state index in [1.165, 1.54) is 6.20 Å². The fraction of sp³-hybridized carbons (Fsp3) is 0.318. The summed E-state index contributed by atoms with van der Waals surface area (Å²) >= 11 is 0. The molecule has 140 valence electrons. The summed E-state index contributed by atoms with van der Waals surface area (Å²) in [6.45, 7) is 4.09. The zero-order valence-corrected chi connectivity index (χ0v) is 15.6. The number of pyridine rings is 1. The Labute approximate surface area is 162 Å². The molecule has 1 fully saturated rings. The molecule has 0 unspecified atom stereocenters. The summed E-state index contributed by atoms with van der Waals surface area (Å²) in [6, 6.07) is 9.07. The Morgan fingerprint density at radius 1 is 1.18 bits per heavy atom. The molecule has 6 nitrogen and oxygen atoms in total. The van der Waals surface area contributed by atoms with Gasteiger partial charge in [-0.15, -0.1) is 0 Å². The van der Waals surface area contributed by atoms with Gasteiger partial charge in [-0.05, 0) is 50.8 Å². The monoisotopic (exact) mass is 374 g/mol. The number of amides is 2. The highest BCUT2D eigenvalue weighted by Crippen LogP contribution is 2.58. The van der Waals surface area contributed by atoms with Crippen LogP contribution in [0.2, 0.25) is 0 Å². The normalized spacial score (nSPS) is 20.3. The minimum Gasteiger partial charge on any atom is -0.492 e. The van der Waals surface area contributed by atoms with E-state index in [1.807, 2.05) is 18.2 Å². The van der Waals surface area contributed by atoms with Crippen LogP contribution in [0.15, 0.2) is 36.5 Å². The van der Waals surface area contributed by atoms with Gasteiger partial charge in [0.25, 0.3) is 5.91 Å². The molecule has 2 aromatic rings. The molecule has 1 spiro atoms. The molecule has 3 heterocycles. The second kappa shape index (κ2) is 5.59. The van der Waals surface area contributed by atoms with E-state index in [1.54, 1.807) is 26.0 Å². The largest absolute Gasteiger partial charge is 0.492 e. The van der Waals surface area contributed by atoms with Crippen LogP contribution in [0.5, 0.6) is 17.4 Å². The molecule has 1 aromatic carbocycles. The number of anilines is 1. The number of rotatable bonds is 3. The highest BCUT2D eigenvalue weighted by Gasteiger charge is 2.52. The number of imide groups is 1. The van der Waals surface area contributed by atoms with Gasteiger partial charge in [0.1, 0.15) is 16.9 Å². The number of carbonyl (C=O) groups excluding carboxylic acids is 2. The molecule has 2 aliphatic heterocycles. The Hall–Kier alpha value is -3.33. The third-order valence-corrected chi connectivity index (χ3v) is 5.49. The van der Waals surface area contributed by atoms with E-state index in [0.29, 0.717) is 18.2 Å². The van der Waals surface area contributed by atoms with Crippen molar-refractivity contribution >= 4 is 17.5 Å². The minimum atomic E-state index is -0.910. The number of hydrogen-bond acceptors (Lipinski definition) is 5. The number of ether oxygens (including phenoxy) is 2. The summed E-state index contributed by atoms with van der Waals surface area (Å²) in [4.78, 5) is 30.1. The summed E-state index contributed by atoms with van der Waals surface area (Å²) in [5, 5.41) is 0. The molecule has 0 radical (unpaired) electrons. The van der Waals surface area contributed by atoms with E-state index >= 15 is 0 Å². The van der Waals surface area contributed by atoms with Gasteiger partial charge in [-0.1, -0.05) is 12.0 Å². The van der Waals surface area contributed by atoms with E-state index in [4.69, 9.17) is 9.47 Å². The molecule has 2 amide bonds. The van der Waals surface area contributed by atoms with Crippen LogP contribution in [-0.2, 0) is 15.0 Å². The van der Waals surface area contributed by atoms with Crippen molar-refractivity contribution in [2.24, 2.45) is 5.41 Å². The lowest BCUT2D eigenvalue weighted by molar-refractivity contribution is -0.128. The van der Waals surface area contributed by atoms with Crippen molar-refractivity contribution in [2.45, 2.75) is 32.1 Å². The van der Waals surface area contributed by atoms with E-state index in [-0.39, 0.29) is 11.3 Å². The zero-order chi connectivity index (χ0) is 19.5. The number of aromatic nitrogens is 1. The van der Waals surface area contributed by atoms with E-state index in [0.717, 1.165) is 34.8 Å². The second-order valence-corrected chi connectivity index (χ2v) is 7.98. The van der Waals surface area contributed by atoms with Crippen LogP contribution in [0, 0.1) is 17.3 Å². The lowest BCUT2D eigenvalue weighted by atomic mass is 9.90. The van der Waals surface area contributed by atoms with Crippen LogP contribution in [0.4, 0.5) is 5.69 Å². The zero-order valence-electron chi connectivity index (χ0n) is 15.6. The summed E-state index contributed by atoms with van der Waals surface area (Å²) in [5.74, 6) is 6.28. The van der Waals surface area contributed by atoms with Crippen molar-refractivity contribution in [3.63, 3.8) is 0 Å². The highest BCUT2D eigenvalue weighted by atomic mass is 16.5. The molecule has 1 aromatic heterocycles. The molecule has 5 rings (SSSR count). The van der Waals surface area contributed by atoms with Crippen molar-refractivity contribution < 1.29 is 19.1 Å². The average Bonchev–Trinajstić information content (AvgIpc) is 3.36. The average molecular weight is 374 g/mol. The molecule has 0 atom stereocenters. The van der Waals surface area contributed by atoms with Gasteiger partial charge in [0.05, 0.1) is 18.5 Å². The summed E-state index contributed by atoms with van der Waals surface area (Å²) in [5.41, 5.74) is 0.665. The standard InChI is InChI=1S/C22H18N2O4/c1-21(2)9-8-18(25)24(20(21)26)14-6-7-17(23-12-14)28-16-5-3-4-15-19(16)22(10-11-22)13-27-15/h3-7,12H,10-11,13H2,1-2H3. The predicted octanol–water partition coefficient (Wildman–Crippen LogP) is 3.20. The SMILES string of the molecule is CC1(C)C#CC(=O)N(c2ccc(Oc3cccc4c3C3(CC3)CO4)nc2)C1=O. The molecule has 3 aliphatic rings. The van der Waals surface area contributed by atoms with Gasteiger partial charge in [-0.3, -0.25) is 9.59 Å². The Morgan fingerprint density at radius 2 is 2.00 bits per heavy atom. The van der Waals surface area contributed by atoms with Crippen LogP contribution < -0.4 is 14.4 Å². The third kappa shape index (κ3) is 2.47. The summed E-state index contributed by atoms with van der Waals surface area (Å²) in [7, 11) is 0. The number of nitrogens with zero attached hydrogens (tertiary/aromatic N) is 2. The Kier molecular flexibility index (Phi) is 3.35. The van der Waals surface area contributed by atoms with Crippen LogP contribution in [0.3, 0.4) is 0 Å². The fourth-order valence-corrected chi connectivity index (χ4v) is 3.68. The van der Waals surface area contributed by atoms with Crippen molar-refractivity contribution in [3.8, 4) is 29.2 Å². The first-order valence-electron chi connectivity index (χ1n) is 9.22. The predicted molar refractivity (Wildman–Crippen MR) is 101 cm³/mol. The Bertz CT molecular complexity index is 1070. The molecule has 6 heteroatoms. The van der Waals surface area contributed by atoms with E-state index in [9.17, 15) is 9.59 Å². The van der Waals surface area contributed by atoms with E-state index < -0.39 is 11.3 Å². The first-order chi connectivity index (χ1) is 13.4. The maximum Gasteiger partial charge on any atom is 0.309 e. The highest BCUT2D eigenvalue weighted by molar-refractivity contribution is 6.25.